The van der Waals surface area contributed by atoms with Crippen molar-refractivity contribution >= 4 is 5.82 Å². The molecule has 4 rings (SSSR count). The summed E-state index contributed by atoms with van der Waals surface area (Å²) in [5.74, 6) is 1.78. The van der Waals surface area contributed by atoms with Crippen molar-refractivity contribution in [1.29, 1.82) is 0 Å². The highest BCUT2D eigenvalue weighted by molar-refractivity contribution is 5.68. The maximum absolute atomic E-state index is 13.9. The average Bonchev–Trinajstić information content (AvgIpc) is 3.16. The quantitative estimate of drug-likeness (QED) is 0.680. The van der Waals surface area contributed by atoms with E-state index in [0.717, 1.165) is 49.4 Å². The molecule has 8 heteroatoms. The second-order valence-electron chi connectivity index (χ2n) is 7.21. The van der Waals surface area contributed by atoms with E-state index in [0.29, 0.717) is 17.8 Å². The minimum atomic E-state index is -0.319. The van der Waals surface area contributed by atoms with Crippen molar-refractivity contribution in [3.8, 4) is 17.2 Å². The first-order chi connectivity index (χ1) is 14.1. The molecule has 0 unspecified atom stereocenters. The van der Waals surface area contributed by atoms with Crippen LogP contribution in [0.2, 0.25) is 0 Å². The zero-order valence-corrected chi connectivity index (χ0v) is 16.6. The highest BCUT2D eigenvalue weighted by atomic mass is 19.1. The fourth-order valence-corrected chi connectivity index (χ4v) is 3.59. The minimum Gasteiger partial charge on any atom is -0.494 e. The summed E-state index contributed by atoms with van der Waals surface area (Å²) in [6, 6.07) is 9.23. The number of halogens is 1. The molecular formula is C21H24FN5O2. The maximum Gasteiger partial charge on any atom is 0.261 e. The highest BCUT2D eigenvalue weighted by Gasteiger charge is 2.22. The third-order valence-corrected chi connectivity index (χ3v) is 5.12. The van der Waals surface area contributed by atoms with Gasteiger partial charge in [-0.05, 0) is 49.6 Å². The summed E-state index contributed by atoms with van der Waals surface area (Å²) in [7, 11) is 1.47. The molecule has 7 nitrogen and oxygen atoms in total. The summed E-state index contributed by atoms with van der Waals surface area (Å²) in [6.07, 6.45) is 3.69. The number of anilines is 1. The molecule has 0 amide bonds. The largest absolute Gasteiger partial charge is 0.494 e. The first-order valence-corrected chi connectivity index (χ1v) is 9.69. The van der Waals surface area contributed by atoms with E-state index in [4.69, 9.17) is 9.26 Å². The van der Waals surface area contributed by atoms with Crippen LogP contribution >= 0.6 is 0 Å². The second-order valence-corrected chi connectivity index (χ2v) is 7.21. The van der Waals surface area contributed by atoms with E-state index in [1.54, 1.807) is 25.3 Å². The Morgan fingerprint density at radius 3 is 2.79 bits per heavy atom. The van der Waals surface area contributed by atoms with Crippen molar-refractivity contribution < 1.29 is 13.7 Å². The minimum absolute atomic E-state index is 0.277. The van der Waals surface area contributed by atoms with Gasteiger partial charge in [-0.25, -0.2) is 9.37 Å². The molecule has 1 aliphatic rings. The summed E-state index contributed by atoms with van der Waals surface area (Å²) in [4.78, 5) is 11.1. The lowest BCUT2D eigenvalue weighted by molar-refractivity contribution is 0.211. The summed E-state index contributed by atoms with van der Waals surface area (Å²) in [6.45, 7) is 4.37. The molecule has 1 aliphatic heterocycles. The van der Waals surface area contributed by atoms with Gasteiger partial charge in [0.25, 0.3) is 5.89 Å². The van der Waals surface area contributed by atoms with Crippen LogP contribution in [0, 0.1) is 12.7 Å². The van der Waals surface area contributed by atoms with Gasteiger partial charge in [0.15, 0.2) is 17.4 Å². The van der Waals surface area contributed by atoms with Crippen LogP contribution in [-0.2, 0) is 6.54 Å². The van der Waals surface area contributed by atoms with Crippen LogP contribution in [0.25, 0.3) is 11.5 Å². The van der Waals surface area contributed by atoms with Crippen molar-refractivity contribution in [2.24, 2.45) is 0 Å². The number of pyridine rings is 1. The molecule has 3 heterocycles. The molecule has 1 saturated heterocycles. The maximum atomic E-state index is 13.9. The predicted octanol–water partition coefficient (Wildman–Crippen LogP) is 3.66. The van der Waals surface area contributed by atoms with Crippen LogP contribution in [0.5, 0.6) is 5.75 Å². The van der Waals surface area contributed by atoms with E-state index in [1.807, 2.05) is 18.2 Å². The number of rotatable bonds is 6. The summed E-state index contributed by atoms with van der Waals surface area (Å²) < 4.78 is 24.2. The topological polar surface area (TPSA) is 76.3 Å². The number of piperidine rings is 1. The lowest BCUT2D eigenvalue weighted by Gasteiger charge is -2.32. The van der Waals surface area contributed by atoms with Crippen LogP contribution in [0.3, 0.4) is 0 Å². The molecule has 152 valence electrons. The Kier molecular flexibility index (Phi) is 5.71. The fraction of sp³-hybridized carbons (Fsp3) is 0.381. The van der Waals surface area contributed by atoms with E-state index in [9.17, 15) is 4.39 Å². The fourth-order valence-electron chi connectivity index (χ4n) is 3.59. The van der Waals surface area contributed by atoms with E-state index in [2.05, 4.69) is 25.3 Å². The molecule has 0 atom stereocenters. The van der Waals surface area contributed by atoms with Crippen LogP contribution in [0.4, 0.5) is 10.2 Å². The number of aromatic nitrogens is 3. The van der Waals surface area contributed by atoms with Crippen LogP contribution in [-0.4, -0.2) is 46.3 Å². The number of hydrogen-bond donors (Lipinski definition) is 1. The Hall–Kier alpha value is -3.00. The van der Waals surface area contributed by atoms with Gasteiger partial charge in [-0.2, -0.15) is 4.98 Å². The SMILES string of the molecule is COc1ccc(CN2CCC(Nc3ncccc3-c3nc(C)no3)CC2)cc1F. The van der Waals surface area contributed by atoms with Gasteiger partial charge < -0.3 is 14.6 Å². The van der Waals surface area contributed by atoms with Gasteiger partial charge in [-0.3, -0.25) is 4.90 Å². The van der Waals surface area contributed by atoms with Gasteiger partial charge in [0.1, 0.15) is 5.82 Å². The lowest BCUT2D eigenvalue weighted by atomic mass is 10.0. The first-order valence-electron chi connectivity index (χ1n) is 9.69. The molecule has 1 fully saturated rings. The van der Waals surface area contributed by atoms with E-state index < -0.39 is 0 Å². The second kappa shape index (κ2) is 8.57. The molecule has 0 aliphatic carbocycles. The summed E-state index contributed by atoms with van der Waals surface area (Å²) >= 11 is 0. The third-order valence-electron chi connectivity index (χ3n) is 5.12. The van der Waals surface area contributed by atoms with Gasteiger partial charge in [0, 0.05) is 31.9 Å². The van der Waals surface area contributed by atoms with E-state index in [-0.39, 0.29) is 11.6 Å². The van der Waals surface area contributed by atoms with Gasteiger partial charge in [-0.1, -0.05) is 11.2 Å². The number of benzene rings is 1. The van der Waals surface area contributed by atoms with Crippen molar-refractivity contribution in [1.82, 2.24) is 20.0 Å². The first kappa shape index (κ1) is 19.3. The van der Waals surface area contributed by atoms with Gasteiger partial charge in [0.05, 0.1) is 12.7 Å². The Balaban J connectivity index is 1.36. The van der Waals surface area contributed by atoms with E-state index >= 15 is 0 Å². The number of nitrogens with zero attached hydrogens (tertiary/aromatic N) is 4. The normalized spacial score (nSPS) is 15.4. The summed E-state index contributed by atoms with van der Waals surface area (Å²) in [5, 5.41) is 7.39. The molecule has 0 spiro atoms. The Morgan fingerprint density at radius 2 is 2.10 bits per heavy atom. The van der Waals surface area contributed by atoms with Crippen LogP contribution in [0.15, 0.2) is 41.1 Å². The molecule has 0 bridgehead atoms. The molecule has 1 aromatic carbocycles. The molecule has 29 heavy (non-hydrogen) atoms. The standard InChI is InChI=1S/C21H24FN5O2/c1-14-24-21(29-26-14)17-4-3-9-23-20(17)25-16-7-10-27(11-8-16)13-15-5-6-19(28-2)18(22)12-15/h3-6,9,12,16H,7-8,10-11,13H2,1-2H3,(H,23,25). The van der Waals surface area contributed by atoms with Gasteiger partial charge in [0.2, 0.25) is 0 Å². The molecule has 0 radical (unpaired) electrons. The smallest absolute Gasteiger partial charge is 0.261 e. The number of nitrogens with one attached hydrogen (secondary N) is 1. The molecular weight excluding hydrogens is 373 g/mol. The van der Waals surface area contributed by atoms with E-state index in [1.165, 1.54) is 7.11 Å². The molecule has 2 aromatic heterocycles. The monoisotopic (exact) mass is 397 g/mol. The number of ether oxygens (including phenoxy) is 1. The molecule has 3 aromatic rings. The van der Waals surface area contributed by atoms with Crippen LogP contribution in [0.1, 0.15) is 24.2 Å². The summed E-state index contributed by atoms with van der Waals surface area (Å²) in [5.41, 5.74) is 1.76. The highest BCUT2D eigenvalue weighted by Crippen LogP contribution is 2.27. The average molecular weight is 397 g/mol. The van der Waals surface area contributed by atoms with Gasteiger partial charge >= 0.3 is 0 Å². The number of methoxy groups -OCH3 is 1. The van der Waals surface area contributed by atoms with Crippen molar-refractivity contribution in [3.63, 3.8) is 0 Å². The number of likely N-dealkylation sites (tertiary alicyclic amines) is 1. The third kappa shape index (κ3) is 4.54. The number of hydrogen-bond acceptors (Lipinski definition) is 7. The molecule has 0 saturated carbocycles. The van der Waals surface area contributed by atoms with Crippen LogP contribution < -0.4 is 10.1 Å². The Labute approximate surface area is 168 Å². The zero-order chi connectivity index (χ0) is 20.2. The zero-order valence-electron chi connectivity index (χ0n) is 16.6. The van der Waals surface area contributed by atoms with Crippen molar-refractivity contribution in [2.45, 2.75) is 32.4 Å². The Morgan fingerprint density at radius 1 is 1.28 bits per heavy atom. The predicted molar refractivity (Wildman–Crippen MR) is 107 cm³/mol. The van der Waals surface area contributed by atoms with Gasteiger partial charge in [-0.15, -0.1) is 0 Å². The number of aryl methyl sites for hydroxylation is 1. The molecule has 1 N–H and O–H groups in total. The Bertz CT molecular complexity index is 969. The van der Waals surface area contributed by atoms with Crippen molar-refractivity contribution in [2.75, 3.05) is 25.5 Å². The lowest BCUT2D eigenvalue weighted by Crippen LogP contribution is -2.38. The van der Waals surface area contributed by atoms with Crippen molar-refractivity contribution in [3.05, 3.63) is 53.7 Å².